The molecule has 4 heteroatoms. The Bertz CT molecular complexity index is 589. The van der Waals surface area contributed by atoms with Crippen LogP contribution in [0.5, 0.6) is 0 Å². The molecule has 0 aliphatic heterocycles. The number of nitrogen functional groups attached to an aromatic ring is 1. The lowest BCUT2D eigenvalue weighted by Gasteiger charge is -2.22. The van der Waals surface area contributed by atoms with Gasteiger partial charge in [0, 0.05) is 5.56 Å². The molecule has 19 heavy (non-hydrogen) atoms. The number of nitrogens with zero attached hydrogens (tertiary/aromatic N) is 3. The van der Waals surface area contributed by atoms with Crippen LogP contribution in [0.3, 0.4) is 0 Å². The van der Waals surface area contributed by atoms with Gasteiger partial charge in [-0.25, -0.2) is 4.98 Å². The average molecular weight is 256 g/mol. The van der Waals surface area contributed by atoms with Crippen LogP contribution in [0.2, 0.25) is 0 Å². The van der Waals surface area contributed by atoms with Gasteiger partial charge in [-0.15, -0.1) is 10.2 Å². The molecule has 2 rings (SSSR count). The summed E-state index contributed by atoms with van der Waals surface area (Å²) in [7, 11) is 0. The first-order valence-corrected chi connectivity index (χ1v) is 6.36. The first-order valence-electron chi connectivity index (χ1n) is 6.36. The molecule has 2 N–H and O–H groups in total. The first kappa shape index (κ1) is 13.5. The van der Waals surface area contributed by atoms with Crippen molar-refractivity contribution in [1.29, 1.82) is 0 Å². The van der Waals surface area contributed by atoms with Crippen molar-refractivity contribution in [2.75, 3.05) is 5.73 Å². The third kappa shape index (κ3) is 2.57. The number of hydrogen-bond acceptors (Lipinski definition) is 4. The van der Waals surface area contributed by atoms with Gasteiger partial charge in [0.15, 0.2) is 5.82 Å². The number of rotatable bonds is 1. The standard InChI is InChI=1S/C15H20N4/c1-9-6-11(15(3,4)5)7-10(2)12(9)13-14(16)17-8-18-19-13/h6-8H,1-5H3,(H2,16,17,18). The summed E-state index contributed by atoms with van der Waals surface area (Å²) in [5.74, 6) is 0.421. The van der Waals surface area contributed by atoms with Crippen LogP contribution in [0.25, 0.3) is 11.3 Å². The van der Waals surface area contributed by atoms with Gasteiger partial charge in [-0.2, -0.15) is 0 Å². The van der Waals surface area contributed by atoms with Crippen LogP contribution in [0.15, 0.2) is 18.5 Å². The predicted octanol–water partition coefficient (Wildman–Crippen LogP) is 3.04. The van der Waals surface area contributed by atoms with E-state index >= 15 is 0 Å². The highest BCUT2D eigenvalue weighted by Crippen LogP contribution is 2.33. The molecule has 100 valence electrons. The van der Waals surface area contributed by atoms with Gasteiger partial charge in [0.1, 0.15) is 12.0 Å². The Morgan fingerprint density at radius 1 is 1.05 bits per heavy atom. The SMILES string of the molecule is Cc1cc(C(C)(C)C)cc(C)c1-c1nncnc1N. The zero-order valence-electron chi connectivity index (χ0n) is 12.2. The van der Waals surface area contributed by atoms with Crippen molar-refractivity contribution in [2.24, 2.45) is 0 Å². The van der Waals surface area contributed by atoms with Crippen molar-refractivity contribution < 1.29 is 0 Å². The summed E-state index contributed by atoms with van der Waals surface area (Å²) in [5, 5.41) is 7.96. The number of nitrogens with two attached hydrogens (primary N) is 1. The maximum Gasteiger partial charge on any atom is 0.153 e. The number of aromatic nitrogens is 3. The van der Waals surface area contributed by atoms with Gasteiger partial charge in [0.05, 0.1) is 0 Å². The highest BCUT2D eigenvalue weighted by Gasteiger charge is 2.18. The van der Waals surface area contributed by atoms with Gasteiger partial charge >= 0.3 is 0 Å². The van der Waals surface area contributed by atoms with Gasteiger partial charge in [0.25, 0.3) is 0 Å². The van der Waals surface area contributed by atoms with E-state index in [0.29, 0.717) is 11.5 Å². The maximum absolute atomic E-state index is 5.90. The summed E-state index contributed by atoms with van der Waals surface area (Å²) in [6, 6.07) is 4.38. The van der Waals surface area contributed by atoms with Gasteiger partial charge in [0.2, 0.25) is 0 Å². The first-order chi connectivity index (χ1) is 8.80. The van der Waals surface area contributed by atoms with E-state index < -0.39 is 0 Å². The molecule has 0 fully saturated rings. The third-order valence-corrected chi connectivity index (χ3v) is 3.28. The van der Waals surface area contributed by atoms with E-state index in [1.807, 2.05) is 0 Å². The van der Waals surface area contributed by atoms with Crippen LogP contribution in [0, 0.1) is 13.8 Å². The molecule has 0 saturated carbocycles. The molecular formula is C15H20N4. The highest BCUT2D eigenvalue weighted by atomic mass is 15.2. The minimum Gasteiger partial charge on any atom is -0.382 e. The molecule has 0 unspecified atom stereocenters. The maximum atomic E-state index is 5.90. The summed E-state index contributed by atoms with van der Waals surface area (Å²) in [4.78, 5) is 4.01. The molecule has 1 aromatic heterocycles. The van der Waals surface area contributed by atoms with Crippen molar-refractivity contribution in [1.82, 2.24) is 15.2 Å². The van der Waals surface area contributed by atoms with Crippen molar-refractivity contribution in [3.63, 3.8) is 0 Å². The number of aryl methyl sites for hydroxylation is 2. The Morgan fingerprint density at radius 3 is 2.11 bits per heavy atom. The van der Waals surface area contributed by atoms with E-state index in [2.05, 4.69) is 61.9 Å². The van der Waals surface area contributed by atoms with Crippen molar-refractivity contribution >= 4 is 5.82 Å². The van der Waals surface area contributed by atoms with E-state index in [9.17, 15) is 0 Å². The Labute approximate surface area is 114 Å². The molecule has 2 aromatic rings. The second-order valence-electron chi connectivity index (χ2n) is 5.93. The Hall–Kier alpha value is -1.97. The lowest BCUT2D eigenvalue weighted by molar-refractivity contribution is 0.589. The molecular weight excluding hydrogens is 236 g/mol. The monoisotopic (exact) mass is 256 g/mol. The summed E-state index contributed by atoms with van der Waals surface area (Å²) >= 11 is 0. The fourth-order valence-corrected chi connectivity index (χ4v) is 2.23. The van der Waals surface area contributed by atoms with E-state index in [0.717, 1.165) is 16.7 Å². The van der Waals surface area contributed by atoms with E-state index in [-0.39, 0.29) is 5.41 Å². The second kappa shape index (κ2) is 4.61. The topological polar surface area (TPSA) is 64.7 Å². The zero-order valence-corrected chi connectivity index (χ0v) is 12.2. The molecule has 0 aliphatic carbocycles. The Kier molecular flexibility index (Phi) is 3.27. The number of anilines is 1. The van der Waals surface area contributed by atoms with Gasteiger partial charge < -0.3 is 5.73 Å². The summed E-state index contributed by atoms with van der Waals surface area (Å²) in [5.41, 5.74) is 11.3. The quantitative estimate of drug-likeness (QED) is 0.851. The molecule has 1 heterocycles. The predicted molar refractivity (Wildman–Crippen MR) is 77.8 cm³/mol. The summed E-state index contributed by atoms with van der Waals surface area (Å²) < 4.78 is 0. The number of benzene rings is 1. The fraction of sp³-hybridized carbons (Fsp3) is 0.400. The van der Waals surface area contributed by atoms with Crippen molar-refractivity contribution in [2.45, 2.75) is 40.0 Å². The minimum absolute atomic E-state index is 0.125. The molecule has 0 aliphatic rings. The van der Waals surface area contributed by atoms with Gasteiger partial charge in [-0.3, -0.25) is 0 Å². The minimum atomic E-state index is 0.125. The van der Waals surface area contributed by atoms with Crippen molar-refractivity contribution in [3.8, 4) is 11.3 Å². The Balaban J connectivity index is 2.65. The van der Waals surface area contributed by atoms with Crippen LogP contribution in [-0.4, -0.2) is 15.2 Å². The molecule has 0 atom stereocenters. The molecule has 0 spiro atoms. The van der Waals surface area contributed by atoms with Crippen molar-refractivity contribution in [3.05, 3.63) is 35.2 Å². The van der Waals surface area contributed by atoms with Crippen LogP contribution in [0.1, 0.15) is 37.5 Å². The molecule has 0 radical (unpaired) electrons. The molecule has 0 bridgehead atoms. The van der Waals surface area contributed by atoms with Crippen LogP contribution in [0.4, 0.5) is 5.82 Å². The average Bonchev–Trinajstić information content (AvgIpc) is 2.29. The van der Waals surface area contributed by atoms with E-state index in [1.165, 1.54) is 11.9 Å². The van der Waals surface area contributed by atoms with Crippen LogP contribution < -0.4 is 5.73 Å². The highest BCUT2D eigenvalue weighted by molar-refractivity contribution is 5.75. The lowest BCUT2D eigenvalue weighted by Crippen LogP contribution is -2.12. The smallest absolute Gasteiger partial charge is 0.153 e. The summed E-state index contributed by atoms with van der Waals surface area (Å²) in [6.07, 6.45) is 1.37. The molecule has 1 aromatic carbocycles. The Morgan fingerprint density at radius 2 is 1.63 bits per heavy atom. The van der Waals surface area contributed by atoms with Gasteiger partial charge in [-0.05, 0) is 36.0 Å². The zero-order chi connectivity index (χ0) is 14.2. The summed E-state index contributed by atoms with van der Waals surface area (Å²) in [6.45, 7) is 10.8. The largest absolute Gasteiger partial charge is 0.382 e. The normalized spacial score (nSPS) is 11.6. The second-order valence-corrected chi connectivity index (χ2v) is 5.93. The fourth-order valence-electron chi connectivity index (χ4n) is 2.23. The van der Waals surface area contributed by atoms with Crippen LogP contribution in [-0.2, 0) is 5.41 Å². The third-order valence-electron chi connectivity index (χ3n) is 3.28. The molecule has 0 amide bonds. The van der Waals surface area contributed by atoms with E-state index in [4.69, 9.17) is 5.73 Å². The van der Waals surface area contributed by atoms with E-state index in [1.54, 1.807) is 0 Å². The van der Waals surface area contributed by atoms with Crippen LogP contribution >= 0.6 is 0 Å². The molecule has 4 nitrogen and oxygen atoms in total. The van der Waals surface area contributed by atoms with Gasteiger partial charge in [-0.1, -0.05) is 32.9 Å². The lowest BCUT2D eigenvalue weighted by atomic mass is 9.83. The molecule has 0 saturated heterocycles. The number of hydrogen-bond donors (Lipinski definition) is 1.